The summed E-state index contributed by atoms with van der Waals surface area (Å²) in [6.07, 6.45) is 0. The molecule has 0 N–H and O–H groups in total. The van der Waals surface area contributed by atoms with E-state index in [0.717, 1.165) is 5.69 Å². The second-order valence-electron chi connectivity index (χ2n) is 5.70. The van der Waals surface area contributed by atoms with Crippen LogP contribution in [0.3, 0.4) is 0 Å². The van der Waals surface area contributed by atoms with Crippen molar-refractivity contribution in [3.8, 4) is 28.2 Å². The molecule has 1 heteroatoms. The van der Waals surface area contributed by atoms with E-state index in [4.69, 9.17) is 0 Å². The van der Waals surface area contributed by atoms with Crippen LogP contribution in [0.4, 0.5) is 0 Å². The van der Waals surface area contributed by atoms with Crippen molar-refractivity contribution in [2.75, 3.05) is 0 Å². The monoisotopic (exact) mass is 308 g/mol. The van der Waals surface area contributed by atoms with E-state index in [1.54, 1.807) is 0 Å². The molecule has 1 heterocycles. The lowest BCUT2D eigenvalue weighted by Gasteiger charge is -2.09. The molecule has 4 aromatic rings. The molecule has 114 valence electrons. The topological polar surface area (TPSA) is 3.88 Å². The number of para-hydroxylation sites is 1. The Balaban J connectivity index is 2.02. The Kier molecular flexibility index (Phi) is 3.91. The van der Waals surface area contributed by atoms with E-state index >= 15 is 0 Å². The minimum Gasteiger partial charge on any atom is -0.153 e. The molecular weight excluding hydrogens is 290 g/mol. The summed E-state index contributed by atoms with van der Waals surface area (Å²) in [5.41, 5.74) is 5.94. The Bertz CT molecular complexity index is 872. The number of nitrogens with zero attached hydrogens (tertiary/aromatic N) is 1. The minimum absolute atomic E-state index is 1.16. The van der Waals surface area contributed by atoms with E-state index in [-0.39, 0.29) is 0 Å². The Labute approximate surface area is 142 Å². The molecule has 4 rings (SSSR count). The van der Waals surface area contributed by atoms with Gasteiger partial charge in [0.1, 0.15) is 0 Å². The van der Waals surface area contributed by atoms with Gasteiger partial charge in [0.05, 0.1) is 0 Å². The van der Waals surface area contributed by atoms with Crippen molar-refractivity contribution in [1.82, 2.24) is 0 Å². The average molecular weight is 308 g/mol. The largest absolute Gasteiger partial charge is 0.219 e. The minimum atomic E-state index is 1.16. The maximum atomic E-state index is 2.32. The van der Waals surface area contributed by atoms with Gasteiger partial charge in [0, 0.05) is 35.4 Å². The smallest absolute Gasteiger partial charge is 0.153 e. The van der Waals surface area contributed by atoms with E-state index in [1.165, 1.54) is 22.5 Å². The van der Waals surface area contributed by atoms with Gasteiger partial charge in [0.2, 0.25) is 17.1 Å². The second-order valence-corrected chi connectivity index (χ2v) is 5.70. The van der Waals surface area contributed by atoms with Gasteiger partial charge in [-0.1, -0.05) is 54.6 Å². The summed E-state index contributed by atoms with van der Waals surface area (Å²) in [5.74, 6) is 0. The molecule has 0 amide bonds. The highest BCUT2D eigenvalue weighted by Crippen LogP contribution is 2.23. The van der Waals surface area contributed by atoms with Crippen LogP contribution < -0.4 is 4.57 Å². The molecular formula is C23H18N+. The molecule has 0 spiro atoms. The molecule has 1 aromatic heterocycles. The van der Waals surface area contributed by atoms with Crippen LogP contribution in [0.15, 0.2) is 109 Å². The maximum absolute atomic E-state index is 2.32. The van der Waals surface area contributed by atoms with Gasteiger partial charge in [-0.15, -0.1) is 0 Å². The van der Waals surface area contributed by atoms with E-state index in [2.05, 4.69) is 114 Å². The zero-order valence-corrected chi connectivity index (χ0v) is 13.3. The first kappa shape index (κ1) is 14.4. The third-order valence-electron chi connectivity index (χ3n) is 4.14. The third-order valence-corrected chi connectivity index (χ3v) is 4.14. The highest BCUT2D eigenvalue weighted by molar-refractivity contribution is 5.62. The standard InChI is InChI=1S/C23H18N/c1-4-11-19(12-5-1)22-17-10-18-23(20-13-6-2-7-14-20)24(22)21-15-8-3-9-16-21/h1-18H/q+1. The molecule has 0 unspecified atom stereocenters. The SMILES string of the molecule is c1ccc(-c2cccc(-c3ccccc3)[n+]2-c2ccccc2)cc1. The van der Waals surface area contributed by atoms with Crippen LogP contribution in [0.25, 0.3) is 28.2 Å². The Morgan fingerprint density at radius 1 is 0.375 bits per heavy atom. The molecule has 0 fully saturated rings. The molecule has 1 nitrogen and oxygen atoms in total. The van der Waals surface area contributed by atoms with Crippen molar-refractivity contribution < 1.29 is 4.57 Å². The predicted molar refractivity (Wildman–Crippen MR) is 98.8 cm³/mol. The zero-order chi connectivity index (χ0) is 16.2. The lowest BCUT2D eigenvalue weighted by molar-refractivity contribution is -0.572. The van der Waals surface area contributed by atoms with Gasteiger partial charge in [-0.2, -0.15) is 4.57 Å². The van der Waals surface area contributed by atoms with E-state index in [9.17, 15) is 0 Å². The van der Waals surface area contributed by atoms with Crippen LogP contribution >= 0.6 is 0 Å². The van der Waals surface area contributed by atoms with Crippen LogP contribution in [0.2, 0.25) is 0 Å². The second kappa shape index (κ2) is 6.51. The van der Waals surface area contributed by atoms with Gasteiger partial charge in [0.25, 0.3) is 0 Å². The molecule has 3 aromatic carbocycles. The van der Waals surface area contributed by atoms with E-state index < -0.39 is 0 Å². The number of pyridine rings is 1. The van der Waals surface area contributed by atoms with Crippen LogP contribution in [0, 0.1) is 0 Å². The highest BCUT2D eigenvalue weighted by atomic mass is 15.0. The number of aromatic nitrogens is 1. The van der Waals surface area contributed by atoms with E-state index in [0.29, 0.717) is 0 Å². The average Bonchev–Trinajstić information content (AvgIpc) is 2.69. The summed E-state index contributed by atoms with van der Waals surface area (Å²) in [4.78, 5) is 0. The summed E-state index contributed by atoms with van der Waals surface area (Å²) < 4.78 is 2.32. The van der Waals surface area contributed by atoms with Crippen LogP contribution in [-0.2, 0) is 0 Å². The van der Waals surface area contributed by atoms with Gasteiger partial charge in [0.15, 0.2) is 0 Å². The fraction of sp³-hybridized carbons (Fsp3) is 0. The first-order chi connectivity index (χ1) is 11.9. The van der Waals surface area contributed by atoms with E-state index in [1.807, 2.05) is 0 Å². The Hall–Kier alpha value is -3.19. The predicted octanol–water partition coefficient (Wildman–Crippen LogP) is 5.30. The molecule has 0 aliphatic heterocycles. The van der Waals surface area contributed by atoms with Gasteiger partial charge in [-0.25, -0.2) is 0 Å². The van der Waals surface area contributed by atoms with Crippen LogP contribution in [0.5, 0.6) is 0 Å². The fourth-order valence-electron chi connectivity index (χ4n) is 3.03. The quantitative estimate of drug-likeness (QED) is 0.452. The molecule has 0 bridgehead atoms. The number of benzene rings is 3. The number of hydrogen-bond donors (Lipinski definition) is 0. The molecule has 0 saturated heterocycles. The third kappa shape index (κ3) is 2.72. The Morgan fingerprint density at radius 3 is 1.25 bits per heavy atom. The van der Waals surface area contributed by atoms with Gasteiger partial charge in [-0.3, -0.25) is 0 Å². The van der Waals surface area contributed by atoms with Crippen molar-refractivity contribution in [1.29, 1.82) is 0 Å². The molecule has 0 aliphatic rings. The van der Waals surface area contributed by atoms with Crippen molar-refractivity contribution in [3.63, 3.8) is 0 Å². The number of rotatable bonds is 3. The van der Waals surface area contributed by atoms with Crippen molar-refractivity contribution >= 4 is 0 Å². The molecule has 0 atom stereocenters. The highest BCUT2D eigenvalue weighted by Gasteiger charge is 2.21. The summed E-state index contributed by atoms with van der Waals surface area (Å²) in [7, 11) is 0. The zero-order valence-electron chi connectivity index (χ0n) is 13.3. The number of hydrogen-bond acceptors (Lipinski definition) is 0. The summed E-state index contributed by atoms with van der Waals surface area (Å²) in [5, 5.41) is 0. The lowest BCUT2D eigenvalue weighted by Crippen LogP contribution is -2.36. The molecule has 0 saturated carbocycles. The van der Waals surface area contributed by atoms with Crippen LogP contribution in [-0.4, -0.2) is 0 Å². The van der Waals surface area contributed by atoms with Crippen LogP contribution in [0.1, 0.15) is 0 Å². The molecule has 0 radical (unpaired) electrons. The first-order valence-corrected chi connectivity index (χ1v) is 8.15. The Morgan fingerprint density at radius 2 is 0.792 bits per heavy atom. The molecule has 24 heavy (non-hydrogen) atoms. The first-order valence-electron chi connectivity index (χ1n) is 8.15. The fourth-order valence-corrected chi connectivity index (χ4v) is 3.03. The van der Waals surface area contributed by atoms with Crippen molar-refractivity contribution in [3.05, 3.63) is 109 Å². The summed E-state index contributed by atoms with van der Waals surface area (Å²) in [6.45, 7) is 0. The van der Waals surface area contributed by atoms with Gasteiger partial charge in [-0.05, 0) is 30.3 Å². The van der Waals surface area contributed by atoms with Crippen molar-refractivity contribution in [2.24, 2.45) is 0 Å². The van der Waals surface area contributed by atoms with Gasteiger partial charge >= 0.3 is 0 Å². The summed E-state index contributed by atoms with van der Waals surface area (Å²) in [6, 6.07) is 38.1. The normalized spacial score (nSPS) is 10.5. The van der Waals surface area contributed by atoms with Crippen molar-refractivity contribution in [2.45, 2.75) is 0 Å². The molecule has 0 aliphatic carbocycles. The maximum Gasteiger partial charge on any atom is 0.219 e. The summed E-state index contributed by atoms with van der Waals surface area (Å²) >= 11 is 0. The van der Waals surface area contributed by atoms with Gasteiger partial charge < -0.3 is 0 Å². The lowest BCUT2D eigenvalue weighted by atomic mass is 10.1.